The second-order valence-electron chi connectivity index (χ2n) is 5.31. The average molecular weight is 361 g/mol. The summed E-state index contributed by atoms with van der Waals surface area (Å²) in [5.41, 5.74) is 0.179. The first-order chi connectivity index (χ1) is 12.5. The molecule has 0 radical (unpaired) electrons. The maximum absolute atomic E-state index is 13.9. The van der Waals surface area contributed by atoms with E-state index < -0.39 is 23.8 Å². The van der Waals surface area contributed by atoms with Crippen molar-refractivity contribution in [1.29, 1.82) is 0 Å². The van der Waals surface area contributed by atoms with E-state index in [9.17, 15) is 14.0 Å². The fraction of sp³-hybridized carbons (Fsp3) is 0.263. The third kappa shape index (κ3) is 4.72. The van der Waals surface area contributed by atoms with Gasteiger partial charge in [0, 0.05) is 6.07 Å². The lowest BCUT2D eigenvalue weighted by Crippen LogP contribution is -2.30. The van der Waals surface area contributed by atoms with Gasteiger partial charge in [-0.05, 0) is 38.1 Å². The second-order valence-corrected chi connectivity index (χ2v) is 5.31. The maximum Gasteiger partial charge on any atom is 0.341 e. The molecule has 0 spiro atoms. The van der Waals surface area contributed by atoms with Crippen LogP contribution in [-0.4, -0.2) is 31.7 Å². The third-order valence-electron chi connectivity index (χ3n) is 3.49. The first kappa shape index (κ1) is 19.2. The molecule has 1 amide bonds. The van der Waals surface area contributed by atoms with Crippen LogP contribution in [0.5, 0.6) is 11.5 Å². The van der Waals surface area contributed by atoms with Crippen molar-refractivity contribution in [1.82, 2.24) is 0 Å². The maximum atomic E-state index is 13.9. The fourth-order valence-electron chi connectivity index (χ4n) is 2.15. The zero-order valence-electron chi connectivity index (χ0n) is 14.7. The number of carbonyl (C=O) groups excluding carboxylic acids is 2. The minimum Gasteiger partial charge on any atom is -0.497 e. The van der Waals surface area contributed by atoms with Gasteiger partial charge in [-0.1, -0.05) is 12.1 Å². The summed E-state index contributed by atoms with van der Waals surface area (Å²) in [6.07, 6.45) is -1.13. The van der Waals surface area contributed by atoms with Crippen LogP contribution < -0.4 is 14.8 Å². The molecular formula is C19H20FNO5. The molecular weight excluding hydrogens is 341 g/mol. The molecule has 1 atom stereocenters. The number of halogens is 1. The Morgan fingerprint density at radius 3 is 2.58 bits per heavy atom. The standard InChI is InChI=1S/C19H20FNO5/c1-4-25-17-8-6-5-7-16(17)21-18(22)12(2)26-19(23)14-10-9-13(24-3)11-15(14)20/h5-12H,4H2,1-3H3,(H,21,22)/t12-/m0/s1. The summed E-state index contributed by atoms with van der Waals surface area (Å²) >= 11 is 0. The van der Waals surface area contributed by atoms with Gasteiger partial charge in [-0.2, -0.15) is 0 Å². The van der Waals surface area contributed by atoms with E-state index in [0.717, 1.165) is 6.07 Å². The lowest BCUT2D eigenvalue weighted by atomic mass is 10.2. The van der Waals surface area contributed by atoms with E-state index in [1.165, 1.54) is 26.2 Å². The van der Waals surface area contributed by atoms with Crippen LogP contribution in [0.3, 0.4) is 0 Å². The summed E-state index contributed by atoms with van der Waals surface area (Å²) in [4.78, 5) is 24.4. The van der Waals surface area contributed by atoms with E-state index in [-0.39, 0.29) is 11.3 Å². The Hall–Kier alpha value is -3.09. The molecule has 2 aromatic carbocycles. The number of anilines is 1. The Labute approximate surface area is 150 Å². The highest BCUT2D eigenvalue weighted by atomic mass is 19.1. The molecule has 0 saturated heterocycles. The molecule has 0 aliphatic carbocycles. The zero-order chi connectivity index (χ0) is 19.1. The topological polar surface area (TPSA) is 73.9 Å². The molecule has 6 nitrogen and oxygen atoms in total. The minimum absolute atomic E-state index is 0.275. The number of nitrogens with one attached hydrogen (secondary N) is 1. The monoisotopic (exact) mass is 361 g/mol. The molecule has 0 saturated carbocycles. The van der Waals surface area contributed by atoms with Gasteiger partial charge >= 0.3 is 5.97 Å². The van der Waals surface area contributed by atoms with Crippen molar-refractivity contribution < 1.29 is 28.2 Å². The van der Waals surface area contributed by atoms with Crippen molar-refractivity contribution in [2.75, 3.05) is 19.0 Å². The number of carbonyl (C=O) groups is 2. The third-order valence-corrected chi connectivity index (χ3v) is 3.49. The number of methoxy groups -OCH3 is 1. The van der Waals surface area contributed by atoms with Gasteiger partial charge < -0.3 is 19.5 Å². The van der Waals surface area contributed by atoms with E-state index in [4.69, 9.17) is 14.2 Å². The number of amides is 1. The summed E-state index contributed by atoms with van der Waals surface area (Å²) in [6.45, 7) is 3.67. The van der Waals surface area contributed by atoms with Crippen LogP contribution in [0.4, 0.5) is 10.1 Å². The molecule has 0 unspecified atom stereocenters. The normalized spacial score (nSPS) is 11.4. The Bertz CT molecular complexity index is 793. The summed E-state index contributed by atoms with van der Waals surface area (Å²) in [5.74, 6) is -1.51. The Kier molecular flexibility index (Phi) is 6.54. The number of hydrogen-bond acceptors (Lipinski definition) is 5. The van der Waals surface area contributed by atoms with Gasteiger partial charge in [-0.15, -0.1) is 0 Å². The van der Waals surface area contributed by atoms with E-state index >= 15 is 0 Å². The zero-order valence-corrected chi connectivity index (χ0v) is 14.7. The summed E-state index contributed by atoms with van der Waals surface area (Å²) < 4.78 is 29.3. The summed E-state index contributed by atoms with van der Waals surface area (Å²) in [6, 6.07) is 10.6. The summed E-state index contributed by atoms with van der Waals surface area (Å²) in [5, 5.41) is 2.63. The molecule has 2 aromatic rings. The van der Waals surface area contributed by atoms with Crippen LogP contribution in [0.25, 0.3) is 0 Å². The van der Waals surface area contributed by atoms with Crippen LogP contribution in [0, 0.1) is 5.82 Å². The van der Waals surface area contributed by atoms with Crippen LogP contribution >= 0.6 is 0 Å². The molecule has 0 heterocycles. The smallest absolute Gasteiger partial charge is 0.341 e. The number of rotatable bonds is 7. The lowest BCUT2D eigenvalue weighted by molar-refractivity contribution is -0.123. The van der Waals surface area contributed by atoms with Crippen LogP contribution in [-0.2, 0) is 9.53 Å². The molecule has 0 aliphatic rings. The van der Waals surface area contributed by atoms with Crippen molar-refractivity contribution in [3.8, 4) is 11.5 Å². The van der Waals surface area contributed by atoms with E-state index in [1.54, 1.807) is 24.3 Å². The van der Waals surface area contributed by atoms with Crippen LogP contribution in [0.1, 0.15) is 24.2 Å². The molecule has 138 valence electrons. The van der Waals surface area contributed by atoms with Gasteiger partial charge in [0.15, 0.2) is 6.10 Å². The predicted octanol–water partition coefficient (Wildman–Crippen LogP) is 3.42. The first-order valence-corrected chi connectivity index (χ1v) is 8.03. The van der Waals surface area contributed by atoms with Crippen molar-refractivity contribution in [2.45, 2.75) is 20.0 Å². The Morgan fingerprint density at radius 2 is 1.92 bits per heavy atom. The fourth-order valence-corrected chi connectivity index (χ4v) is 2.15. The molecule has 26 heavy (non-hydrogen) atoms. The number of esters is 1. The highest BCUT2D eigenvalue weighted by Crippen LogP contribution is 2.24. The SMILES string of the molecule is CCOc1ccccc1NC(=O)[C@H](C)OC(=O)c1ccc(OC)cc1F. The van der Waals surface area contributed by atoms with Gasteiger partial charge in [0.25, 0.3) is 5.91 Å². The number of hydrogen-bond donors (Lipinski definition) is 1. The molecule has 0 bridgehead atoms. The Morgan fingerprint density at radius 1 is 1.19 bits per heavy atom. The molecule has 2 rings (SSSR count). The molecule has 0 fully saturated rings. The van der Waals surface area contributed by atoms with Gasteiger partial charge in [-0.3, -0.25) is 4.79 Å². The highest BCUT2D eigenvalue weighted by molar-refractivity contribution is 5.98. The van der Waals surface area contributed by atoms with Crippen molar-refractivity contribution in [3.05, 3.63) is 53.8 Å². The van der Waals surface area contributed by atoms with Crippen LogP contribution in [0.15, 0.2) is 42.5 Å². The Balaban J connectivity index is 2.04. The van der Waals surface area contributed by atoms with Gasteiger partial charge in [0.1, 0.15) is 17.3 Å². The van der Waals surface area contributed by atoms with Crippen LogP contribution in [0.2, 0.25) is 0 Å². The second kappa shape index (κ2) is 8.84. The van der Waals surface area contributed by atoms with Crippen molar-refractivity contribution in [3.63, 3.8) is 0 Å². The molecule has 1 N–H and O–H groups in total. The van der Waals surface area contributed by atoms with E-state index in [1.807, 2.05) is 6.92 Å². The quantitative estimate of drug-likeness (QED) is 0.765. The average Bonchev–Trinajstić information content (AvgIpc) is 2.63. The van der Waals surface area contributed by atoms with Crippen molar-refractivity contribution in [2.24, 2.45) is 0 Å². The largest absolute Gasteiger partial charge is 0.497 e. The predicted molar refractivity (Wildman–Crippen MR) is 94.1 cm³/mol. The lowest BCUT2D eigenvalue weighted by Gasteiger charge is -2.16. The molecule has 0 aromatic heterocycles. The van der Waals surface area contributed by atoms with Crippen molar-refractivity contribution >= 4 is 17.6 Å². The number of benzene rings is 2. The highest BCUT2D eigenvalue weighted by Gasteiger charge is 2.22. The van der Waals surface area contributed by atoms with Gasteiger partial charge in [0.2, 0.25) is 0 Å². The molecule has 0 aliphatic heterocycles. The van der Waals surface area contributed by atoms with Gasteiger partial charge in [0.05, 0.1) is 25.0 Å². The minimum atomic E-state index is -1.13. The molecule has 7 heteroatoms. The number of ether oxygens (including phenoxy) is 3. The summed E-state index contributed by atoms with van der Waals surface area (Å²) in [7, 11) is 1.39. The van der Waals surface area contributed by atoms with Gasteiger partial charge in [-0.25, -0.2) is 9.18 Å². The first-order valence-electron chi connectivity index (χ1n) is 8.03. The number of para-hydroxylation sites is 2. The van der Waals surface area contributed by atoms with E-state index in [2.05, 4.69) is 5.32 Å². The van der Waals surface area contributed by atoms with E-state index in [0.29, 0.717) is 18.0 Å².